The summed E-state index contributed by atoms with van der Waals surface area (Å²) in [5.41, 5.74) is 0. The maximum Gasteiger partial charge on any atom is 0.105 e. The van der Waals surface area contributed by atoms with Gasteiger partial charge in [0.2, 0.25) is 0 Å². The number of aryl methyl sites for hydroxylation is 1. The van der Waals surface area contributed by atoms with Crippen molar-refractivity contribution in [1.29, 1.82) is 0 Å². The standard InChI is InChI=1S/C12H23N3O/c1-11(2)13-5-4-9-16-10-8-15-7-6-14-12(15)3/h6-7,11,13H,4-5,8-10H2,1-3H3. The lowest BCUT2D eigenvalue weighted by Gasteiger charge is -2.09. The SMILES string of the molecule is Cc1nccn1CCOCCCNC(C)C. The van der Waals surface area contributed by atoms with E-state index in [0.29, 0.717) is 6.04 Å². The summed E-state index contributed by atoms with van der Waals surface area (Å²) >= 11 is 0. The second-order valence-corrected chi connectivity index (χ2v) is 4.24. The molecule has 0 aliphatic carbocycles. The fourth-order valence-corrected chi connectivity index (χ4v) is 1.47. The number of aromatic nitrogens is 2. The third-order valence-corrected chi connectivity index (χ3v) is 2.42. The van der Waals surface area contributed by atoms with Crippen LogP contribution in [0, 0.1) is 6.92 Å². The molecule has 92 valence electrons. The van der Waals surface area contributed by atoms with Gasteiger partial charge in [-0.2, -0.15) is 0 Å². The monoisotopic (exact) mass is 225 g/mol. The molecule has 0 saturated heterocycles. The van der Waals surface area contributed by atoms with Crippen LogP contribution < -0.4 is 5.32 Å². The largest absolute Gasteiger partial charge is 0.380 e. The zero-order chi connectivity index (χ0) is 11.8. The van der Waals surface area contributed by atoms with Crippen LogP contribution in [-0.2, 0) is 11.3 Å². The van der Waals surface area contributed by atoms with Crippen LogP contribution >= 0.6 is 0 Å². The highest BCUT2D eigenvalue weighted by molar-refractivity contribution is 4.87. The van der Waals surface area contributed by atoms with E-state index in [9.17, 15) is 0 Å². The van der Waals surface area contributed by atoms with E-state index < -0.39 is 0 Å². The number of rotatable bonds is 8. The molecule has 0 saturated carbocycles. The van der Waals surface area contributed by atoms with Crippen molar-refractivity contribution in [1.82, 2.24) is 14.9 Å². The van der Waals surface area contributed by atoms with Gasteiger partial charge in [0.1, 0.15) is 5.82 Å². The zero-order valence-corrected chi connectivity index (χ0v) is 10.6. The summed E-state index contributed by atoms with van der Waals surface area (Å²) in [6, 6.07) is 0.564. The van der Waals surface area contributed by atoms with Gasteiger partial charge in [-0.1, -0.05) is 13.8 Å². The maximum atomic E-state index is 5.56. The quantitative estimate of drug-likeness (QED) is 0.683. The first-order valence-electron chi connectivity index (χ1n) is 5.99. The first-order valence-corrected chi connectivity index (χ1v) is 5.99. The second kappa shape index (κ2) is 7.41. The van der Waals surface area contributed by atoms with E-state index >= 15 is 0 Å². The van der Waals surface area contributed by atoms with Crippen LogP contribution in [0.25, 0.3) is 0 Å². The van der Waals surface area contributed by atoms with Gasteiger partial charge in [0.05, 0.1) is 6.61 Å². The Balaban J connectivity index is 1.94. The molecule has 1 aromatic rings. The molecule has 0 bridgehead atoms. The van der Waals surface area contributed by atoms with Gasteiger partial charge in [-0.3, -0.25) is 0 Å². The van der Waals surface area contributed by atoms with E-state index in [-0.39, 0.29) is 0 Å². The average molecular weight is 225 g/mol. The van der Waals surface area contributed by atoms with Crippen molar-refractivity contribution in [2.75, 3.05) is 19.8 Å². The summed E-state index contributed by atoms with van der Waals surface area (Å²) in [5.74, 6) is 1.05. The molecule has 1 rings (SSSR count). The maximum absolute atomic E-state index is 5.56. The Labute approximate surface area is 98.0 Å². The minimum atomic E-state index is 0.564. The van der Waals surface area contributed by atoms with Crippen molar-refractivity contribution in [3.05, 3.63) is 18.2 Å². The molecule has 4 nitrogen and oxygen atoms in total. The highest BCUT2D eigenvalue weighted by Gasteiger charge is 1.96. The molecule has 0 aliphatic heterocycles. The van der Waals surface area contributed by atoms with Crippen molar-refractivity contribution in [3.8, 4) is 0 Å². The van der Waals surface area contributed by atoms with Crippen LogP contribution in [0.1, 0.15) is 26.1 Å². The third kappa shape index (κ3) is 5.28. The highest BCUT2D eigenvalue weighted by Crippen LogP contribution is 1.95. The summed E-state index contributed by atoms with van der Waals surface area (Å²) < 4.78 is 7.66. The molecule has 1 heterocycles. The predicted molar refractivity (Wildman–Crippen MR) is 65.5 cm³/mol. The van der Waals surface area contributed by atoms with Crippen molar-refractivity contribution in [2.45, 2.75) is 39.8 Å². The Kier molecular flexibility index (Phi) is 6.11. The predicted octanol–water partition coefficient (Wildman–Crippen LogP) is 1.60. The molecule has 4 heteroatoms. The van der Waals surface area contributed by atoms with E-state index in [0.717, 1.165) is 38.5 Å². The summed E-state index contributed by atoms with van der Waals surface area (Å²) in [4.78, 5) is 4.16. The number of nitrogens with one attached hydrogen (secondary N) is 1. The van der Waals surface area contributed by atoms with Crippen LogP contribution in [-0.4, -0.2) is 35.4 Å². The van der Waals surface area contributed by atoms with Crippen LogP contribution in [0.3, 0.4) is 0 Å². The molecular weight excluding hydrogens is 202 g/mol. The summed E-state index contributed by atoms with van der Waals surface area (Å²) in [7, 11) is 0. The molecule has 0 aromatic carbocycles. The van der Waals surface area contributed by atoms with Gasteiger partial charge < -0.3 is 14.6 Å². The lowest BCUT2D eigenvalue weighted by atomic mass is 10.3. The number of hydrogen-bond acceptors (Lipinski definition) is 3. The summed E-state index contributed by atoms with van der Waals surface area (Å²) in [6.45, 7) is 9.83. The summed E-state index contributed by atoms with van der Waals surface area (Å²) in [6.07, 6.45) is 4.88. The highest BCUT2D eigenvalue weighted by atomic mass is 16.5. The average Bonchev–Trinajstić information content (AvgIpc) is 2.62. The van der Waals surface area contributed by atoms with Gasteiger partial charge in [0.15, 0.2) is 0 Å². The molecule has 16 heavy (non-hydrogen) atoms. The normalized spacial score (nSPS) is 11.2. The van der Waals surface area contributed by atoms with Gasteiger partial charge >= 0.3 is 0 Å². The Hall–Kier alpha value is -0.870. The molecular formula is C12H23N3O. The Bertz CT molecular complexity index is 284. The second-order valence-electron chi connectivity index (χ2n) is 4.24. The summed E-state index contributed by atoms with van der Waals surface area (Å²) in [5, 5.41) is 3.36. The first-order chi connectivity index (χ1) is 7.70. The molecule has 0 atom stereocenters. The number of ether oxygens (including phenoxy) is 1. The molecule has 0 spiro atoms. The lowest BCUT2D eigenvalue weighted by molar-refractivity contribution is 0.123. The van der Waals surface area contributed by atoms with Crippen LogP contribution in [0.5, 0.6) is 0 Å². The minimum Gasteiger partial charge on any atom is -0.380 e. The molecule has 0 radical (unpaired) electrons. The van der Waals surface area contributed by atoms with E-state index in [1.807, 2.05) is 19.3 Å². The first kappa shape index (κ1) is 13.2. The number of imidazole rings is 1. The fraction of sp³-hybridized carbons (Fsp3) is 0.750. The van der Waals surface area contributed by atoms with Gasteiger partial charge in [-0.05, 0) is 19.9 Å². The molecule has 0 aliphatic rings. The zero-order valence-electron chi connectivity index (χ0n) is 10.6. The van der Waals surface area contributed by atoms with Gasteiger partial charge in [0.25, 0.3) is 0 Å². The van der Waals surface area contributed by atoms with Gasteiger partial charge in [-0.15, -0.1) is 0 Å². The Morgan fingerprint density at radius 1 is 1.44 bits per heavy atom. The molecule has 0 fully saturated rings. The molecule has 1 N–H and O–H groups in total. The van der Waals surface area contributed by atoms with Crippen molar-refractivity contribution in [2.24, 2.45) is 0 Å². The van der Waals surface area contributed by atoms with Crippen molar-refractivity contribution >= 4 is 0 Å². The van der Waals surface area contributed by atoms with Crippen molar-refractivity contribution < 1.29 is 4.74 Å². The topological polar surface area (TPSA) is 39.1 Å². The van der Waals surface area contributed by atoms with Crippen LogP contribution in [0.4, 0.5) is 0 Å². The van der Waals surface area contributed by atoms with E-state index in [1.165, 1.54) is 0 Å². The Morgan fingerprint density at radius 3 is 2.88 bits per heavy atom. The van der Waals surface area contributed by atoms with Gasteiger partial charge in [-0.25, -0.2) is 4.98 Å². The molecule has 0 amide bonds. The van der Waals surface area contributed by atoms with E-state index in [4.69, 9.17) is 4.74 Å². The smallest absolute Gasteiger partial charge is 0.105 e. The van der Waals surface area contributed by atoms with E-state index in [1.54, 1.807) is 0 Å². The fourth-order valence-electron chi connectivity index (χ4n) is 1.47. The lowest BCUT2D eigenvalue weighted by Crippen LogP contribution is -2.24. The van der Waals surface area contributed by atoms with E-state index in [2.05, 4.69) is 28.7 Å². The minimum absolute atomic E-state index is 0.564. The Morgan fingerprint density at radius 2 is 2.25 bits per heavy atom. The van der Waals surface area contributed by atoms with Gasteiger partial charge in [0, 0.05) is 31.6 Å². The van der Waals surface area contributed by atoms with Crippen molar-refractivity contribution in [3.63, 3.8) is 0 Å². The number of nitrogens with zero attached hydrogens (tertiary/aromatic N) is 2. The third-order valence-electron chi connectivity index (χ3n) is 2.42. The van der Waals surface area contributed by atoms with Crippen LogP contribution in [0.15, 0.2) is 12.4 Å². The number of hydrogen-bond donors (Lipinski definition) is 1. The molecule has 0 unspecified atom stereocenters. The van der Waals surface area contributed by atoms with Crippen LogP contribution in [0.2, 0.25) is 0 Å². The molecule has 1 aromatic heterocycles.